The number of hydrogen-bond donors (Lipinski definition) is 0. The number of rotatable bonds is 0. The van der Waals surface area contributed by atoms with Gasteiger partial charge in [0.1, 0.15) is 0 Å². The van der Waals surface area contributed by atoms with Gasteiger partial charge in [-0.2, -0.15) is 0 Å². The van der Waals surface area contributed by atoms with Gasteiger partial charge in [-0.05, 0) is 0 Å². The molecule has 0 unspecified atom stereocenters. The second-order valence-corrected chi connectivity index (χ2v) is 39.4. The minimum atomic E-state index is -1.00. The SMILES string of the molecule is [Se]=[Fe](=[Se])(=[Se])=[Se]. The average molecular weight is 372 g/mol. The molecule has 0 aromatic heterocycles. The van der Waals surface area contributed by atoms with Crippen LogP contribution in [-0.4, -0.2) is 54.6 Å². The van der Waals surface area contributed by atoms with Gasteiger partial charge in [0.2, 0.25) is 0 Å². The molecular weight excluding hydrogens is 372 g/mol. The van der Waals surface area contributed by atoms with Crippen molar-refractivity contribution in [1.29, 1.82) is 0 Å². The van der Waals surface area contributed by atoms with Crippen LogP contribution < -0.4 is 0 Å². The Balaban J connectivity index is 6.05. The Labute approximate surface area is 57.0 Å². The third kappa shape index (κ3) is 20.7. The van der Waals surface area contributed by atoms with Crippen molar-refractivity contribution in [3.63, 3.8) is 0 Å². The first-order chi connectivity index (χ1) is 2.00. The van der Waals surface area contributed by atoms with Crippen molar-refractivity contribution in [2.45, 2.75) is 0 Å². The summed E-state index contributed by atoms with van der Waals surface area (Å²) in [5, 5.41) is 0. The molecule has 0 aliphatic carbocycles. The molecule has 0 saturated carbocycles. The summed E-state index contributed by atoms with van der Waals surface area (Å²) < 4.78 is -1.00. The van der Waals surface area contributed by atoms with E-state index in [1.165, 1.54) is 0 Å². The van der Waals surface area contributed by atoms with Crippen LogP contribution >= 0.6 is 0 Å². The van der Waals surface area contributed by atoms with E-state index in [4.69, 9.17) is 0 Å². The van der Waals surface area contributed by atoms with Crippen molar-refractivity contribution in [2.75, 3.05) is 0 Å². The predicted molar refractivity (Wildman–Crippen MR) is 23.0 cm³/mol. The molecule has 0 atom stereocenters. The Hall–Kier alpha value is 2.60. The fourth-order valence-electron chi connectivity index (χ4n) is 0. The molecule has 5 heteroatoms. The van der Waals surface area contributed by atoms with Gasteiger partial charge in [0.15, 0.2) is 0 Å². The summed E-state index contributed by atoms with van der Waals surface area (Å²) in [6, 6.07) is 0. The molecule has 0 radical (unpaired) electrons. The van der Waals surface area contributed by atoms with Gasteiger partial charge < -0.3 is 0 Å². The normalized spacial score (nSPS) is 11.2. The summed E-state index contributed by atoms with van der Waals surface area (Å²) in [7, 11) is 0. The van der Waals surface area contributed by atoms with E-state index in [1.807, 2.05) is 0 Å². The van der Waals surface area contributed by atoms with E-state index in [1.54, 1.807) is 0 Å². The first kappa shape index (κ1) is 7.60. The molecule has 0 aromatic carbocycles. The van der Waals surface area contributed by atoms with Crippen LogP contribution in [0.25, 0.3) is 0 Å². The zero-order valence-electron chi connectivity index (χ0n) is 1.99. The first-order valence-electron chi connectivity index (χ1n) is 0.577. The summed E-state index contributed by atoms with van der Waals surface area (Å²) in [6.07, 6.45) is 0. The Morgan fingerprint density at radius 2 is 0.800 bits per heavy atom. The van der Waals surface area contributed by atoms with Crippen LogP contribution in [-0.2, 0) is 3.41 Å². The third-order valence-electron chi connectivity index (χ3n) is 0. The molecule has 0 heterocycles. The van der Waals surface area contributed by atoms with Gasteiger partial charge in [0.05, 0.1) is 0 Å². The average Bonchev–Trinajstić information content (AvgIpc) is 0.722. The maximum atomic E-state index is 2.94. The van der Waals surface area contributed by atoms with Gasteiger partial charge in [0, 0.05) is 0 Å². The predicted octanol–water partition coefficient (Wildman–Crippen LogP) is -1.53. The van der Waals surface area contributed by atoms with Crippen LogP contribution in [0.15, 0.2) is 0 Å². The van der Waals surface area contributed by atoms with Crippen LogP contribution in [0.1, 0.15) is 0 Å². The van der Waals surface area contributed by atoms with Gasteiger partial charge in [-0.25, -0.2) is 0 Å². The second kappa shape index (κ2) is 2.80. The van der Waals surface area contributed by atoms with Gasteiger partial charge in [-0.1, -0.05) is 0 Å². The van der Waals surface area contributed by atoms with Crippen molar-refractivity contribution in [2.24, 2.45) is 0 Å². The zero-order valence-corrected chi connectivity index (χ0v) is 9.94. The van der Waals surface area contributed by atoms with E-state index < -0.39 is 3.41 Å². The van der Waals surface area contributed by atoms with E-state index in [2.05, 4.69) is 54.6 Å². The molecule has 0 spiro atoms. The molecule has 0 fully saturated rings. The fourth-order valence-corrected chi connectivity index (χ4v) is 0. The summed E-state index contributed by atoms with van der Waals surface area (Å²) in [5.41, 5.74) is 0. The summed E-state index contributed by atoms with van der Waals surface area (Å²) in [5.74, 6) is 0. The van der Waals surface area contributed by atoms with Crippen molar-refractivity contribution in [3.05, 3.63) is 0 Å². The molecule has 5 heavy (non-hydrogen) atoms. The van der Waals surface area contributed by atoms with E-state index in [9.17, 15) is 0 Å². The number of hydrogen-bond acceptors (Lipinski definition) is 0. The van der Waals surface area contributed by atoms with Gasteiger partial charge >= 0.3 is 58.0 Å². The monoisotopic (exact) mass is 376 g/mol. The molecule has 0 aliphatic rings. The molecule has 32 valence electrons. The van der Waals surface area contributed by atoms with Crippen LogP contribution in [0.4, 0.5) is 0 Å². The third-order valence-corrected chi connectivity index (χ3v) is 0. The standard InChI is InChI=1S/Fe.4Se. The van der Waals surface area contributed by atoms with Gasteiger partial charge in [0.25, 0.3) is 0 Å². The van der Waals surface area contributed by atoms with Crippen LogP contribution in [0.3, 0.4) is 0 Å². The fraction of sp³-hybridized carbons (Fsp3) is 0. The summed E-state index contributed by atoms with van der Waals surface area (Å²) >= 11 is 11.8. The molecule has 0 aromatic rings. The Bertz CT molecular complexity index is 155. The van der Waals surface area contributed by atoms with Gasteiger partial charge in [-0.3, -0.25) is 0 Å². The molecule has 0 bridgehead atoms. The maximum absolute atomic E-state index is 2.94. The van der Waals surface area contributed by atoms with E-state index in [0.717, 1.165) is 0 Å². The van der Waals surface area contributed by atoms with Gasteiger partial charge in [-0.15, -0.1) is 0 Å². The molecular formula is FeSe4. The van der Waals surface area contributed by atoms with Crippen molar-refractivity contribution < 1.29 is 3.41 Å². The van der Waals surface area contributed by atoms with E-state index >= 15 is 0 Å². The summed E-state index contributed by atoms with van der Waals surface area (Å²) in [4.78, 5) is 0. The molecule has 0 amide bonds. The quantitative estimate of drug-likeness (QED) is 0.454. The molecule has 0 aliphatic heterocycles. The van der Waals surface area contributed by atoms with Crippen molar-refractivity contribution >= 4 is 54.6 Å². The topological polar surface area (TPSA) is 0 Å². The van der Waals surface area contributed by atoms with E-state index in [0.29, 0.717) is 0 Å². The van der Waals surface area contributed by atoms with Crippen LogP contribution in [0.2, 0.25) is 0 Å². The van der Waals surface area contributed by atoms with Crippen molar-refractivity contribution in [3.8, 4) is 0 Å². The molecule has 0 N–H and O–H groups in total. The Kier molecular flexibility index (Phi) is 4.25. The van der Waals surface area contributed by atoms with Crippen LogP contribution in [0.5, 0.6) is 0 Å². The Morgan fingerprint density at radius 3 is 0.800 bits per heavy atom. The molecule has 0 nitrogen and oxygen atoms in total. The van der Waals surface area contributed by atoms with Crippen LogP contribution in [0, 0.1) is 0 Å². The Morgan fingerprint density at radius 1 is 0.800 bits per heavy atom. The zero-order chi connectivity index (χ0) is 4.50. The van der Waals surface area contributed by atoms with Crippen molar-refractivity contribution in [1.82, 2.24) is 0 Å². The second-order valence-electron chi connectivity index (χ2n) is 0.354. The minimum absolute atomic E-state index is 1.00. The van der Waals surface area contributed by atoms with E-state index in [-0.39, 0.29) is 0 Å². The molecule has 0 saturated heterocycles. The summed E-state index contributed by atoms with van der Waals surface area (Å²) in [6.45, 7) is 0. The molecule has 0 rings (SSSR count). The first-order valence-corrected chi connectivity index (χ1v) is 12.4.